The first-order valence-corrected chi connectivity index (χ1v) is 21.7. The average molecular weight is 1100 g/mol. The fourth-order valence-electron chi connectivity index (χ4n) is 8.50. The van der Waals surface area contributed by atoms with E-state index in [1.165, 1.54) is 0 Å². The van der Waals surface area contributed by atoms with Crippen LogP contribution in [-0.2, 0) is 28.4 Å². The molecule has 31 heteroatoms. The molecule has 3 aliphatic rings. The Hall–Kier alpha value is -11.5. The standard InChI is InChI=1S/C48H32O31/c49-15-1-9(2-16(50)27(15)55)43(68)79-48-41-40(77-46(71)11-4-18(52)28(56)33(61)23(11)24-12(47(72)78-41)5-19(53)29(57)34(24)62)39-22(75-48)8-73-44(69)13-7-21(74-38-14(42(66)67)6-20(54)31(59)37(38)65)32(60)36(64)26(13)25-10(45(70)76-39)3-17(51)30(58)35(25)63/h1-7,22,39-41,48-65H,8H2,(H,66,67)/t22-,39+,40-,41+,48+/m1/s1. The number of aromatic hydroxyl groups is 17. The van der Waals surface area contributed by atoms with Gasteiger partial charge in [0.1, 0.15) is 18.3 Å². The molecule has 0 bridgehead atoms. The van der Waals surface area contributed by atoms with E-state index < -0.39 is 238 Å². The molecule has 6 aromatic rings. The van der Waals surface area contributed by atoms with Gasteiger partial charge in [-0.3, -0.25) is 0 Å². The van der Waals surface area contributed by atoms with E-state index in [1.807, 2.05) is 0 Å². The number of rotatable bonds is 5. The molecule has 1 saturated heterocycles. The Bertz CT molecular complexity index is 3710. The normalized spacial score (nSPS) is 18.7. The number of phenolic OH excluding ortho intramolecular Hbond substituents is 17. The van der Waals surface area contributed by atoms with Crippen LogP contribution in [0.15, 0.2) is 42.5 Å². The molecule has 0 saturated carbocycles. The molecule has 6 aromatic carbocycles. The summed E-state index contributed by atoms with van der Waals surface area (Å²) in [6, 6.07) is 2.85. The topological polar surface area (TPSA) is 531 Å². The number of ether oxygens (including phenoxy) is 7. The number of cyclic esters (lactones) is 1. The Labute approximate surface area is 433 Å². The molecule has 3 heterocycles. The highest BCUT2D eigenvalue weighted by Crippen LogP contribution is 2.57. The zero-order chi connectivity index (χ0) is 57.7. The van der Waals surface area contributed by atoms with Crippen molar-refractivity contribution in [2.45, 2.75) is 30.7 Å². The van der Waals surface area contributed by atoms with Gasteiger partial charge in [-0.1, -0.05) is 0 Å². The molecule has 0 radical (unpaired) electrons. The number of carbonyl (C=O) groups excluding carboxylic acids is 5. The van der Waals surface area contributed by atoms with Crippen molar-refractivity contribution in [1.29, 1.82) is 0 Å². The molecule has 0 spiro atoms. The van der Waals surface area contributed by atoms with E-state index in [1.54, 1.807) is 0 Å². The van der Waals surface area contributed by atoms with Crippen molar-refractivity contribution in [1.82, 2.24) is 0 Å². The van der Waals surface area contributed by atoms with Gasteiger partial charge >= 0.3 is 35.8 Å². The number of esters is 5. The van der Waals surface area contributed by atoms with Crippen molar-refractivity contribution >= 4 is 35.8 Å². The van der Waals surface area contributed by atoms with Crippen molar-refractivity contribution in [2.24, 2.45) is 0 Å². The third-order valence-corrected chi connectivity index (χ3v) is 12.3. The van der Waals surface area contributed by atoms with Gasteiger partial charge in [0.15, 0.2) is 87.0 Å². The number of hydrogen-bond acceptors (Lipinski definition) is 30. The second-order valence-electron chi connectivity index (χ2n) is 16.9. The third kappa shape index (κ3) is 8.40. The smallest absolute Gasteiger partial charge is 0.340 e. The lowest BCUT2D eigenvalue weighted by atomic mass is 9.91. The van der Waals surface area contributed by atoms with Gasteiger partial charge in [-0.05, 0) is 30.3 Å². The second-order valence-corrected chi connectivity index (χ2v) is 16.9. The molecule has 5 atom stereocenters. The first kappa shape index (κ1) is 52.4. The Kier molecular flexibility index (Phi) is 12.4. The minimum absolute atomic E-state index is 0.319. The molecule has 79 heavy (non-hydrogen) atoms. The molecule has 3 aliphatic heterocycles. The highest BCUT2D eigenvalue weighted by molar-refractivity contribution is 6.10. The van der Waals surface area contributed by atoms with Gasteiger partial charge in [0, 0.05) is 34.4 Å². The SMILES string of the molecule is O=C(O[C@@H]1O[C@@H]2COC(=O)c3cc(Oc4c(C(=O)O)cc(O)c(O)c4O)c(O)c(O)c3-c3c(cc(O)c(O)c3O)C(=O)O[C@@H]2[C@H]2OC(=O)c3cc(O)c(O)c(O)c3-c3c(cc(O)c(O)c3O)C(=O)O[C@H]12)c1cc(O)c(O)c(O)c1. The fraction of sp³-hybridized carbons (Fsp3) is 0.125. The maximum Gasteiger partial charge on any atom is 0.340 e. The quantitative estimate of drug-likeness (QED) is 0.0670. The van der Waals surface area contributed by atoms with Crippen molar-refractivity contribution in [2.75, 3.05) is 6.61 Å². The summed E-state index contributed by atoms with van der Waals surface area (Å²) >= 11 is 0. The Balaban J connectivity index is 1.26. The Morgan fingerprint density at radius 3 is 1.29 bits per heavy atom. The summed E-state index contributed by atoms with van der Waals surface area (Å²) < 4.78 is 39.3. The number of benzene rings is 6. The molecule has 1 fully saturated rings. The van der Waals surface area contributed by atoms with Crippen LogP contribution in [0.5, 0.6) is 109 Å². The minimum atomic E-state index is -2.65. The van der Waals surface area contributed by atoms with Crippen LogP contribution in [-0.4, -0.2) is 165 Å². The lowest BCUT2D eigenvalue weighted by Gasteiger charge is -2.44. The Morgan fingerprint density at radius 1 is 0.430 bits per heavy atom. The summed E-state index contributed by atoms with van der Waals surface area (Å²) in [5, 5.41) is 191. The fourth-order valence-corrected chi connectivity index (χ4v) is 8.50. The van der Waals surface area contributed by atoms with Gasteiger partial charge in [0.25, 0.3) is 0 Å². The highest BCUT2D eigenvalue weighted by Gasteiger charge is 2.56. The molecule has 0 aliphatic carbocycles. The molecule has 0 unspecified atom stereocenters. The van der Waals surface area contributed by atoms with Crippen molar-refractivity contribution < 1.29 is 154 Å². The molecule has 18 N–H and O–H groups in total. The molecule has 9 rings (SSSR count). The number of fused-ring (bicyclic) bond motifs is 9. The second kappa shape index (κ2) is 18.7. The first-order valence-electron chi connectivity index (χ1n) is 21.7. The zero-order valence-electron chi connectivity index (χ0n) is 38.5. The predicted octanol–water partition coefficient (Wildman–Crippen LogP) is 2.55. The maximum atomic E-state index is 14.8. The number of carbonyl (C=O) groups is 6. The van der Waals surface area contributed by atoms with Crippen molar-refractivity contribution in [3.63, 3.8) is 0 Å². The Morgan fingerprint density at radius 2 is 0.823 bits per heavy atom. The van der Waals surface area contributed by atoms with Gasteiger partial charge < -0.3 is 125 Å². The predicted molar refractivity (Wildman–Crippen MR) is 244 cm³/mol. The van der Waals surface area contributed by atoms with E-state index in [0.29, 0.717) is 42.5 Å². The zero-order valence-corrected chi connectivity index (χ0v) is 38.5. The van der Waals surface area contributed by atoms with Gasteiger partial charge in [0.2, 0.25) is 46.9 Å². The molecule has 410 valence electrons. The first-order chi connectivity index (χ1) is 37.1. The van der Waals surface area contributed by atoms with E-state index in [4.69, 9.17) is 33.2 Å². The number of hydrogen-bond donors (Lipinski definition) is 18. The van der Waals surface area contributed by atoms with Crippen LogP contribution >= 0.6 is 0 Å². The van der Waals surface area contributed by atoms with E-state index >= 15 is 0 Å². The summed E-state index contributed by atoms with van der Waals surface area (Å²) in [5.74, 6) is -37.3. The summed E-state index contributed by atoms with van der Waals surface area (Å²) in [6.07, 6.45) is -12.8. The van der Waals surface area contributed by atoms with E-state index in [2.05, 4.69) is 0 Å². The summed E-state index contributed by atoms with van der Waals surface area (Å²) in [6.45, 7) is -1.41. The van der Waals surface area contributed by atoms with Crippen LogP contribution in [0.25, 0.3) is 22.3 Å². The van der Waals surface area contributed by atoms with Crippen LogP contribution in [0, 0.1) is 0 Å². The van der Waals surface area contributed by atoms with E-state index in [0.717, 1.165) is 0 Å². The van der Waals surface area contributed by atoms with Crippen LogP contribution in [0.1, 0.15) is 62.1 Å². The van der Waals surface area contributed by atoms with Crippen LogP contribution < -0.4 is 4.74 Å². The van der Waals surface area contributed by atoms with E-state index in [-0.39, 0.29) is 0 Å². The minimum Gasteiger partial charge on any atom is -0.504 e. The van der Waals surface area contributed by atoms with Crippen LogP contribution in [0.2, 0.25) is 0 Å². The van der Waals surface area contributed by atoms with Gasteiger partial charge in [0.05, 0.1) is 27.8 Å². The maximum absolute atomic E-state index is 14.8. The van der Waals surface area contributed by atoms with Crippen molar-refractivity contribution in [3.8, 4) is 131 Å². The molecule has 31 nitrogen and oxygen atoms in total. The van der Waals surface area contributed by atoms with Gasteiger partial charge in [-0.25, -0.2) is 28.8 Å². The van der Waals surface area contributed by atoms with Crippen molar-refractivity contribution in [3.05, 3.63) is 75.8 Å². The monoisotopic (exact) mass is 1100 g/mol. The largest absolute Gasteiger partial charge is 0.504 e. The molecular weight excluding hydrogens is 1070 g/mol. The summed E-state index contributed by atoms with van der Waals surface area (Å²) in [7, 11) is 0. The highest BCUT2D eigenvalue weighted by atomic mass is 16.7. The van der Waals surface area contributed by atoms with Crippen LogP contribution in [0.4, 0.5) is 0 Å². The molecule has 0 amide bonds. The average Bonchev–Trinajstić information content (AvgIpc) is 3.59. The van der Waals surface area contributed by atoms with Gasteiger partial charge in [-0.15, -0.1) is 0 Å². The molecule has 0 aromatic heterocycles. The van der Waals surface area contributed by atoms with Crippen LogP contribution in [0.3, 0.4) is 0 Å². The summed E-state index contributed by atoms with van der Waals surface area (Å²) in [5.41, 5.74) is -11.5. The number of carboxylic acid groups (broad SMARTS) is 1. The number of phenols is 17. The van der Waals surface area contributed by atoms with Gasteiger partial charge in [-0.2, -0.15) is 0 Å². The third-order valence-electron chi connectivity index (χ3n) is 12.3. The number of carboxylic acids is 1. The molecular formula is C48H32O31. The number of aromatic carboxylic acids is 1. The summed E-state index contributed by atoms with van der Waals surface area (Å²) in [4.78, 5) is 84.3. The van der Waals surface area contributed by atoms with E-state index in [9.17, 15) is 121 Å². The lowest BCUT2D eigenvalue weighted by molar-refractivity contribution is -0.282. The lowest BCUT2D eigenvalue weighted by Crippen LogP contribution is -2.63.